The van der Waals surface area contributed by atoms with E-state index in [0.29, 0.717) is 0 Å². The molecule has 0 bridgehead atoms. The maximum Gasteiger partial charge on any atom is 0.329 e. The van der Waals surface area contributed by atoms with Crippen LogP contribution in [0.2, 0.25) is 0 Å². The summed E-state index contributed by atoms with van der Waals surface area (Å²) in [5.74, 6) is -0.487. The summed E-state index contributed by atoms with van der Waals surface area (Å²) in [6, 6.07) is -0.770. The lowest BCUT2D eigenvalue weighted by atomic mass is 10.3. The maximum absolute atomic E-state index is 10.9. The van der Waals surface area contributed by atoms with E-state index in [9.17, 15) is 14.9 Å². The highest BCUT2D eigenvalue weighted by Gasteiger charge is 2.20. The van der Waals surface area contributed by atoms with E-state index in [0.717, 1.165) is 6.20 Å². The molecular weight excluding hydrogens is 228 g/mol. The molecular formula is C8H12N6O3. The normalized spacial score (nSPS) is 11.6. The van der Waals surface area contributed by atoms with Gasteiger partial charge in [0.2, 0.25) is 17.7 Å². The molecule has 1 heterocycles. The van der Waals surface area contributed by atoms with Crippen LogP contribution in [0.3, 0.4) is 0 Å². The predicted molar refractivity (Wildman–Crippen MR) is 60.5 cm³/mol. The molecule has 17 heavy (non-hydrogen) atoms. The van der Waals surface area contributed by atoms with Crippen molar-refractivity contribution in [3.05, 3.63) is 16.3 Å². The molecule has 92 valence electrons. The number of nitrogens with two attached hydrogens (primary N) is 1. The van der Waals surface area contributed by atoms with Gasteiger partial charge in [0, 0.05) is 7.05 Å². The average Bonchev–Trinajstić information content (AvgIpc) is 2.28. The Balaban J connectivity index is 3.09. The topological polar surface area (TPSA) is 136 Å². The smallest absolute Gasteiger partial charge is 0.329 e. The predicted octanol–water partition coefficient (Wildman–Crippen LogP) is -0.288. The van der Waals surface area contributed by atoms with Crippen LogP contribution in [0.5, 0.6) is 0 Å². The van der Waals surface area contributed by atoms with Crippen molar-refractivity contribution in [1.82, 2.24) is 9.97 Å². The zero-order valence-corrected chi connectivity index (χ0v) is 9.30. The molecule has 0 aliphatic heterocycles. The molecule has 0 aromatic carbocycles. The molecule has 4 N–H and O–H groups in total. The van der Waals surface area contributed by atoms with Crippen molar-refractivity contribution in [3.63, 3.8) is 0 Å². The third-order valence-electron chi connectivity index (χ3n) is 1.97. The highest BCUT2D eigenvalue weighted by molar-refractivity contribution is 5.82. The van der Waals surface area contributed by atoms with Gasteiger partial charge in [0.25, 0.3) is 0 Å². The molecule has 1 aromatic rings. The molecule has 0 saturated carbocycles. The SMILES string of the molecule is CNc1ncc([N+](=O)[O-])c(NC(C)C(N)=O)n1. The van der Waals surface area contributed by atoms with E-state index in [1.165, 1.54) is 6.92 Å². The van der Waals surface area contributed by atoms with E-state index in [-0.39, 0.29) is 17.5 Å². The van der Waals surface area contributed by atoms with Gasteiger partial charge < -0.3 is 16.4 Å². The van der Waals surface area contributed by atoms with Crippen molar-refractivity contribution in [2.75, 3.05) is 17.7 Å². The number of nitrogens with zero attached hydrogens (tertiary/aromatic N) is 3. The standard InChI is InChI=1S/C8H12N6O3/c1-4(6(9)15)12-7-5(14(16)17)3-11-8(10-2)13-7/h3-4H,1-2H3,(H2,9,15)(H2,10,11,12,13). The Bertz CT molecular complexity index is 449. The Kier molecular flexibility index (Phi) is 3.75. The van der Waals surface area contributed by atoms with Gasteiger partial charge in [-0.3, -0.25) is 14.9 Å². The van der Waals surface area contributed by atoms with Crippen molar-refractivity contribution in [1.29, 1.82) is 0 Å². The summed E-state index contributed by atoms with van der Waals surface area (Å²) in [6.45, 7) is 1.48. The minimum atomic E-state index is -0.770. The number of nitro groups is 1. The van der Waals surface area contributed by atoms with Gasteiger partial charge in [-0.1, -0.05) is 0 Å². The number of hydrogen-bond donors (Lipinski definition) is 3. The molecule has 1 unspecified atom stereocenters. The second-order valence-electron chi connectivity index (χ2n) is 3.20. The van der Waals surface area contributed by atoms with Crippen molar-refractivity contribution >= 4 is 23.4 Å². The first-order valence-electron chi connectivity index (χ1n) is 4.70. The molecule has 1 amide bonds. The molecule has 1 rings (SSSR count). The third kappa shape index (κ3) is 3.00. The first-order valence-corrected chi connectivity index (χ1v) is 4.70. The summed E-state index contributed by atoms with van der Waals surface area (Å²) in [7, 11) is 1.57. The monoisotopic (exact) mass is 240 g/mol. The van der Waals surface area contributed by atoms with Gasteiger partial charge in [0.1, 0.15) is 12.2 Å². The number of primary amides is 1. The number of amides is 1. The fourth-order valence-electron chi connectivity index (χ4n) is 1.01. The summed E-state index contributed by atoms with van der Waals surface area (Å²) in [5, 5.41) is 15.9. The molecule has 0 aliphatic carbocycles. The van der Waals surface area contributed by atoms with Crippen LogP contribution >= 0.6 is 0 Å². The second-order valence-corrected chi connectivity index (χ2v) is 3.20. The van der Waals surface area contributed by atoms with Crippen LogP contribution in [-0.4, -0.2) is 33.9 Å². The Morgan fingerprint density at radius 2 is 2.29 bits per heavy atom. The first-order chi connectivity index (χ1) is 7.95. The van der Waals surface area contributed by atoms with Crippen LogP contribution in [0.15, 0.2) is 6.20 Å². The van der Waals surface area contributed by atoms with Crippen molar-refractivity contribution in [2.45, 2.75) is 13.0 Å². The summed E-state index contributed by atoms with van der Waals surface area (Å²) in [5.41, 5.74) is 4.73. The van der Waals surface area contributed by atoms with Gasteiger partial charge in [-0.25, -0.2) is 4.98 Å². The minimum absolute atomic E-state index is 0.0550. The Morgan fingerprint density at radius 3 is 2.76 bits per heavy atom. The quantitative estimate of drug-likeness (QED) is 0.475. The lowest BCUT2D eigenvalue weighted by molar-refractivity contribution is -0.384. The number of rotatable bonds is 5. The summed E-state index contributed by atoms with van der Waals surface area (Å²) >= 11 is 0. The lowest BCUT2D eigenvalue weighted by Gasteiger charge is -2.11. The second kappa shape index (κ2) is 5.05. The van der Waals surface area contributed by atoms with E-state index in [4.69, 9.17) is 5.73 Å². The average molecular weight is 240 g/mol. The van der Waals surface area contributed by atoms with Crippen LogP contribution < -0.4 is 16.4 Å². The number of carbonyl (C=O) groups is 1. The number of carbonyl (C=O) groups excluding carboxylic acids is 1. The first kappa shape index (κ1) is 12.6. The van der Waals surface area contributed by atoms with E-state index >= 15 is 0 Å². The number of hydrogen-bond acceptors (Lipinski definition) is 7. The Labute approximate surface area is 96.6 Å². The summed E-state index contributed by atoms with van der Waals surface area (Å²) in [4.78, 5) is 28.5. The van der Waals surface area contributed by atoms with Crippen LogP contribution in [0.1, 0.15) is 6.92 Å². The van der Waals surface area contributed by atoms with Gasteiger partial charge in [-0.2, -0.15) is 4.98 Å². The van der Waals surface area contributed by atoms with Crippen molar-refractivity contribution < 1.29 is 9.72 Å². The molecule has 0 fully saturated rings. The highest BCUT2D eigenvalue weighted by atomic mass is 16.6. The molecule has 1 aromatic heterocycles. The fourth-order valence-corrected chi connectivity index (χ4v) is 1.01. The Hall–Kier alpha value is -2.45. The molecule has 9 heteroatoms. The molecule has 0 aliphatic rings. The van der Waals surface area contributed by atoms with E-state index < -0.39 is 16.9 Å². The van der Waals surface area contributed by atoms with Gasteiger partial charge >= 0.3 is 5.69 Å². The summed E-state index contributed by atoms with van der Waals surface area (Å²) in [6.07, 6.45) is 1.05. The van der Waals surface area contributed by atoms with E-state index in [2.05, 4.69) is 20.6 Å². The van der Waals surface area contributed by atoms with Crippen LogP contribution in [0, 0.1) is 10.1 Å². The van der Waals surface area contributed by atoms with Gasteiger partial charge in [0.15, 0.2) is 0 Å². The highest BCUT2D eigenvalue weighted by Crippen LogP contribution is 2.22. The molecule has 0 saturated heterocycles. The van der Waals surface area contributed by atoms with E-state index in [1.54, 1.807) is 7.05 Å². The summed E-state index contributed by atoms with van der Waals surface area (Å²) < 4.78 is 0. The molecule has 1 atom stereocenters. The van der Waals surface area contributed by atoms with Crippen LogP contribution in [-0.2, 0) is 4.79 Å². The Morgan fingerprint density at radius 1 is 1.65 bits per heavy atom. The van der Waals surface area contributed by atoms with Crippen LogP contribution in [0.25, 0.3) is 0 Å². The van der Waals surface area contributed by atoms with Gasteiger partial charge in [-0.05, 0) is 6.92 Å². The zero-order valence-electron chi connectivity index (χ0n) is 9.30. The number of aromatic nitrogens is 2. The van der Waals surface area contributed by atoms with Gasteiger partial charge in [-0.15, -0.1) is 0 Å². The molecule has 0 spiro atoms. The number of nitrogens with one attached hydrogen (secondary N) is 2. The van der Waals surface area contributed by atoms with Crippen molar-refractivity contribution in [2.24, 2.45) is 5.73 Å². The van der Waals surface area contributed by atoms with Crippen molar-refractivity contribution in [3.8, 4) is 0 Å². The zero-order chi connectivity index (χ0) is 13.0. The lowest BCUT2D eigenvalue weighted by Crippen LogP contribution is -2.33. The molecule has 0 radical (unpaired) electrons. The fraction of sp³-hybridized carbons (Fsp3) is 0.375. The largest absolute Gasteiger partial charge is 0.368 e. The third-order valence-corrected chi connectivity index (χ3v) is 1.97. The maximum atomic E-state index is 10.9. The minimum Gasteiger partial charge on any atom is -0.368 e. The van der Waals surface area contributed by atoms with Crippen LogP contribution in [0.4, 0.5) is 17.5 Å². The molecule has 9 nitrogen and oxygen atoms in total. The number of anilines is 2. The van der Waals surface area contributed by atoms with E-state index in [1.807, 2.05) is 0 Å². The van der Waals surface area contributed by atoms with Gasteiger partial charge in [0.05, 0.1) is 4.92 Å².